The fourth-order valence-electron chi connectivity index (χ4n) is 1.87. The Labute approximate surface area is 111 Å². The molecule has 1 heterocycles. The Bertz CT molecular complexity index is 479. The van der Waals surface area contributed by atoms with Crippen LogP contribution in [0.15, 0.2) is 35.7 Å². The molecule has 0 saturated heterocycles. The molecule has 1 aromatic heterocycles. The van der Waals surface area contributed by atoms with Gasteiger partial charge in [-0.05, 0) is 49.0 Å². The van der Waals surface area contributed by atoms with Gasteiger partial charge in [0.05, 0.1) is 0 Å². The largest absolute Gasteiger partial charge is 0.312 e. The first-order chi connectivity index (χ1) is 8.20. The third-order valence-electron chi connectivity index (χ3n) is 2.87. The first-order valence-electron chi connectivity index (χ1n) is 5.66. The van der Waals surface area contributed by atoms with Crippen molar-refractivity contribution in [3.05, 3.63) is 56.7 Å². The molecule has 0 amide bonds. The Kier molecular flexibility index (Phi) is 4.21. The van der Waals surface area contributed by atoms with Crippen molar-refractivity contribution in [2.75, 3.05) is 7.05 Å². The summed E-state index contributed by atoms with van der Waals surface area (Å²) in [5.41, 5.74) is 2.40. The Balaban J connectivity index is 2.19. The average Bonchev–Trinajstić information content (AvgIpc) is 2.81. The van der Waals surface area contributed by atoms with E-state index in [0.29, 0.717) is 6.04 Å². The highest BCUT2D eigenvalue weighted by atomic mass is 35.5. The Morgan fingerprint density at radius 3 is 2.76 bits per heavy atom. The standard InChI is InChI=1S/C14H16ClNS/c1-10-5-6-11(12(15)8-10)9-13(16-2)14-4-3-7-17-14/h3-8,13,16H,9H2,1-2H3. The quantitative estimate of drug-likeness (QED) is 0.873. The SMILES string of the molecule is CNC(Cc1ccc(C)cc1Cl)c1cccs1. The second-order valence-electron chi connectivity index (χ2n) is 4.16. The maximum atomic E-state index is 6.27. The molecule has 90 valence electrons. The van der Waals surface area contributed by atoms with Crippen LogP contribution in [-0.4, -0.2) is 7.05 Å². The molecule has 2 aromatic rings. The van der Waals surface area contributed by atoms with Crippen LogP contribution < -0.4 is 5.32 Å². The van der Waals surface area contributed by atoms with Gasteiger partial charge >= 0.3 is 0 Å². The van der Waals surface area contributed by atoms with E-state index in [2.05, 4.69) is 41.9 Å². The molecule has 0 saturated carbocycles. The van der Waals surface area contributed by atoms with Crippen LogP contribution in [0.5, 0.6) is 0 Å². The highest BCUT2D eigenvalue weighted by Gasteiger charge is 2.12. The van der Waals surface area contributed by atoms with Crippen LogP contribution in [0.2, 0.25) is 5.02 Å². The van der Waals surface area contributed by atoms with Gasteiger partial charge in [0.25, 0.3) is 0 Å². The summed E-state index contributed by atoms with van der Waals surface area (Å²) in [7, 11) is 1.99. The normalized spacial score (nSPS) is 12.6. The Hall–Kier alpha value is -0.830. The van der Waals surface area contributed by atoms with E-state index in [0.717, 1.165) is 11.4 Å². The van der Waals surface area contributed by atoms with Crippen LogP contribution in [-0.2, 0) is 6.42 Å². The molecule has 2 rings (SSSR count). The van der Waals surface area contributed by atoms with Crippen LogP contribution in [0.4, 0.5) is 0 Å². The lowest BCUT2D eigenvalue weighted by Gasteiger charge is -2.15. The van der Waals surface area contributed by atoms with Crippen molar-refractivity contribution in [2.45, 2.75) is 19.4 Å². The van der Waals surface area contributed by atoms with Crippen LogP contribution in [0.1, 0.15) is 22.0 Å². The van der Waals surface area contributed by atoms with E-state index in [1.54, 1.807) is 11.3 Å². The third-order valence-corrected chi connectivity index (χ3v) is 4.21. The summed E-state index contributed by atoms with van der Waals surface area (Å²) >= 11 is 8.05. The van der Waals surface area contributed by atoms with Crippen molar-refractivity contribution in [3.63, 3.8) is 0 Å². The fourth-order valence-corrected chi connectivity index (χ4v) is 3.02. The maximum Gasteiger partial charge on any atom is 0.0453 e. The van der Waals surface area contributed by atoms with Crippen molar-refractivity contribution >= 4 is 22.9 Å². The lowest BCUT2D eigenvalue weighted by Crippen LogP contribution is -2.17. The number of rotatable bonds is 4. The Morgan fingerprint density at radius 1 is 1.35 bits per heavy atom. The first-order valence-corrected chi connectivity index (χ1v) is 6.92. The van der Waals surface area contributed by atoms with Gasteiger partial charge in [0, 0.05) is 15.9 Å². The zero-order chi connectivity index (χ0) is 12.3. The molecule has 0 aliphatic rings. The molecule has 0 aliphatic carbocycles. The van der Waals surface area contributed by atoms with Gasteiger partial charge in [0.15, 0.2) is 0 Å². The molecule has 0 bridgehead atoms. The smallest absolute Gasteiger partial charge is 0.0453 e. The van der Waals surface area contributed by atoms with Gasteiger partial charge in [-0.3, -0.25) is 0 Å². The molecule has 1 unspecified atom stereocenters. The van der Waals surface area contributed by atoms with E-state index in [4.69, 9.17) is 11.6 Å². The molecular weight excluding hydrogens is 250 g/mol. The number of aryl methyl sites for hydroxylation is 1. The lowest BCUT2D eigenvalue weighted by atomic mass is 10.0. The predicted molar refractivity (Wildman–Crippen MR) is 76.0 cm³/mol. The first kappa shape index (κ1) is 12.6. The second-order valence-corrected chi connectivity index (χ2v) is 5.54. The van der Waals surface area contributed by atoms with Gasteiger partial charge < -0.3 is 5.32 Å². The van der Waals surface area contributed by atoms with E-state index < -0.39 is 0 Å². The Morgan fingerprint density at radius 2 is 2.18 bits per heavy atom. The van der Waals surface area contributed by atoms with E-state index in [9.17, 15) is 0 Å². The van der Waals surface area contributed by atoms with E-state index >= 15 is 0 Å². The summed E-state index contributed by atoms with van der Waals surface area (Å²) < 4.78 is 0. The molecule has 1 atom stereocenters. The summed E-state index contributed by atoms with van der Waals surface area (Å²) in [5.74, 6) is 0. The number of hydrogen-bond acceptors (Lipinski definition) is 2. The van der Waals surface area contributed by atoms with Gasteiger partial charge in [0.2, 0.25) is 0 Å². The summed E-state index contributed by atoms with van der Waals surface area (Å²) in [5, 5.41) is 6.32. The molecule has 3 heteroatoms. The van der Waals surface area contributed by atoms with Crippen molar-refractivity contribution in [1.29, 1.82) is 0 Å². The predicted octanol–water partition coefficient (Wildman–Crippen LogP) is 4.21. The molecular formula is C14H16ClNS. The number of nitrogens with one attached hydrogen (secondary N) is 1. The maximum absolute atomic E-state index is 6.27. The summed E-state index contributed by atoms with van der Waals surface area (Å²) in [6.45, 7) is 2.06. The van der Waals surface area contributed by atoms with Crippen LogP contribution >= 0.6 is 22.9 Å². The molecule has 0 fully saturated rings. The molecule has 1 aromatic carbocycles. The number of thiophene rings is 1. The van der Waals surface area contributed by atoms with E-state index in [-0.39, 0.29) is 0 Å². The van der Waals surface area contributed by atoms with E-state index in [1.165, 1.54) is 16.0 Å². The summed E-state index contributed by atoms with van der Waals surface area (Å²) in [4.78, 5) is 1.35. The monoisotopic (exact) mass is 265 g/mol. The van der Waals surface area contributed by atoms with Gasteiger partial charge in [-0.25, -0.2) is 0 Å². The summed E-state index contributed by atoms with van der Waals surface area (Å²) in [6.07, 6.45) is 0.927. The minimum atomic E-state index is 0.343. The molecule has 1 N–H and O–H groups in total. The van der Waals surface area contributed by atoms with Gasteiger partial charge in [-0.15, -0.1) is 11.3 Å². The van der Waals surface area contributed by atoms with Crippen molar-refractivity contribution in [3.8, 4) is 0 Å². The molecule has 1 nitrogen and oxygen atoms in total. The highest BCUT2D eigenvalue weighted by Crippen LogP contribution is 2.26. The number of hydrogen-bond donors (Lipinski definition) is 1. The molecule has 0 aliphatic heterocycles. The average molecular weight is 266 g/mol. The van der Waals surface area contributed by atoms with Crippen LogP contribution in [0.3, 0.4) is 0 Å². The molecule has 0 spiro atoms. The van der Waals surface area contributed by atoms with Gasteiger partial charge in [-0.1, -0.05) is 29.8 Å². The molecule has 17 heavy (non-hydrogen) atoms. The van der Waals surface area contributed by atoms with Gasteiger partial charge in [-0.2, -0.15) is 0 Å². The van der Waals surface area contributed by atoms with Crippen molar-refractivity contribution in [1.82, 2.24) is 5.32 Å². The number of benzene rings is 1. The minimum Gasteiger partial charge on any atom is -0.312 e. The van der Waals surface area contributed by atoms with E-state index in [1.807, 2.05) is 13.1 Å². The number of likely N-dealkylation sites (N-methyl/N-ethyl adjacent to an activating group) is 1. The lowest BCUT2D eigenvalue weighted by molar-refractivity contribution is 0.602. The van der Waals surface area contributed by atoms with Crippen LogP contribution in [0.25, 0.3) is 0 Å². The summed E-state index contributed by atoms with van der Waals surface area (Å²) in [6, 6.07) is 10.8. The van der Waals surface area contributed by atoms with Crippen LogP contribution in [0, 0.1) is 6.92 Å². The highest BCUT2D eigenvalue weighted by molar-refractivity contribution is 7.10. The van der Waals surface area contributed by atoms with Crippen molar-refractivity contribution in [2.24, 2.45) is 0 Å². The van der Waals surface area contributed by atoms with Crippen molar-refractivity contribution < 1.29 is 0 Å². The zero-order valence-electron chi connectivity index (χ0n) is 10.0. The fraction of sp³-hybridized carbons (Fsp3) is 0.286. The van der Waals surface area contributed by atoms with Gasteiger partial charge in [0.1, 0.15) is 0 Å². The minimum absolute atomic E-state index is 0.343. The molecule has 0 radical (unpaired) electrons. The zero-order valence-corrected chi connectivity index (χ0v) is 11.6. The third kappa shape index (κ3) is 3.09. The second kappa shape index (κ2) is 5.67. The number of halogens is 1. The topological polar surface area (TPSA) is 12.0 Å².